The summed E-state index contributed by atoms with van der Waals surface area (Å²) in [7, 11) is 0. The third-order valence-electron chi connectivity index (χ3n) is 5.54. The summed E-state index contributed by atoms with van der Waals surface area (Å²) in [6.07, 6.45) is 4.66. The van der Waals surface area contributed by atoms with Gasteiger partial charge in [0.1, 0.15) is 5.58 Å². The number of amides is 1. The number of fused-ring (bicyclic) bond motifs is 1. The molecule has 1 aliphatic heterocycles. The first-order valence-corrected chi connectivity index (χ1v) is 10.0. The number of rotatable bonds is 4. The van der Waals surface area contributed by atoms with Gasteiger partial charge in [0.2, 0.25) is 0 Å². The molecule has 0 atom stereocenters. The molecule has 1 aliphatic rings. The molecule has 0 saturated carbocycles. The minimum Gasteiger partial charge on any atom is -0.451 e. The number of halogens is 1. The molecular formula is C22H24ClN3O2. The number of pyridine rings is 1. The van der Waals surface area contributed by atoms with Gasteiger partial charge in [-0.15, -0.1) is 0 Å². The summed E-state index contributed by atoms with van der Waals surface area (Å²) in [5.41, 5.74) is 3.82. The Morgan fingerprint density at radius 3 is 2.57 bits per heavy atom. The molecule has 0 aliphatic carbocycles. The van der Waals surface area contributed by atoms with Crippen molar-refractivity contribution < 1.29 is 9.21 Å². The maximum atomic E-state index is 13.0. The summed E-state index contributed by atoms with van der Waals surface area (Å²) >= 11 is 6.24. The van der Waals surface area contributed by atoms with E-state index in [4.69, 9.17) is 16.0 Å². The van der Waals surface area contributed by atoms with Gasteiger partial charge in [0, 0.05) is 61.1 Å². The van der Waals surface area contributed by atoms with Gasteiger partial charge >= 0.3 is 0 Å². The molecule has 3 aromatic rings. The van der Waals surface area contributed by atoms with Crippen molar-refractivity contribution in [3.05, 3.63) is 64.1 Å². The number of aryl methyl sites for hydroxylation is 2. The quantitative estimate of drug-likeness (QED) is 0.665. The number of furan rings is 1. The maximum Gasteiger partial charge on any atom is 0.289 e. The molecule has 0 N–H and O–H groups in total. The van der Waals surface area contributed by atoms with Crippen molar-refractivity contribution in [2.75, 3.05) is 32.7 Å². The summed E-state index contributed by atoms with van der Waals surface area (Å²) in [6, 6.07) is 7.90. The van der Waals surface area contributed by atoms with Crippen LogP contribution < -0.4 is 0 Å². The second-order valence-electron chi connectivity index (χ2n) is 7.39. The molecule has 1 saturated heterocycles. The van der Waals surface area contributed by atoms with Crippen molar-refractivity contribution in [2.45, 2.75) is 20.3 Å². The smallest absolute Gasteiger partial charge is 0.289 e. The highest BCUT2D eigenvalue weighted by Crippen LogP contribution is 2.31. The third-order valence-corrected chi connectivity index (χ3v) is 5.94. The summed E-state index contributed by atoms with van der Waals surface area (Å²) in [6.45, 7) is 8.04. The molecular weight excluding hydrogens is 374 g/mol. The van der Waals surface area contributed by atoms with Gasteiger partial charge in [0.15, 0.2) is 5.76 Å². The van der Waals surface area contributed by atoms with Crippen LogP contribution in [0.3, 0.4) is 0 Å². The molecule has 6 heteroatoms. The molecule has 28 heavy (non-hydrogen) atoms. The molecule has 1 fully saturated rings. The lowest BCUT2D eigenvalue weighted by Gasteiger charge is -2.34. The van der Waals surface area contributed by atoms with E-state index in [0.29, 0.717) is 23.9 Å². The van der Waals surface area contributed by atoms with E-state index in [-0.39, 0.29) is 5.91 Å². The van der Waals surface area contributed by atoms with Gasteiger partial charge < -0.3 is 9.32 Å². The number of carbonyl (C=O) groups excluding carboxylic acids is 1. The lowest BCUT2D eigenvalue weighted by Crippen LogP contribution is -2.49. The Balaban J connectivity index is 1.40. The van der Waals surface area contributed by atoms with Gasteiger partial charge in [-0.25, -0.2) is 0 Å². The zero-order valence-electron chi connectivity index (χ0n) is 16.2. The minimum absolute atomic E-state index is 0.0312. The van der Waals surface area contributed by atoms with Gasteiger partial charge in [-0.2, -0.15) is 0 Å². The first-order valence-electron chi connectivity index (χ1n) is 9.62. The second kappa shape index (κ2) is 7.94. The van der Waals surface area contributed by atoms with E-state index < -0.39 is 0 Å². The zero-order chi connectivity index (χ0) is 19.7. The summed E-state index contributed by atoms with van der Waals surface area (Å²) in [4.78, 5) is 21.4. The Bertz CT molecular complexity index is 992. The molecule has 1 amide bonds. The Hall–Kier alpha value is -2.37. The Kier molecular flexibility index (Phi) is 5.38. The van der Waals surface area contributed by atoms with Crippen LogP contribution in [0.2, 0.25) is 5.02 Å². The molecule has 5 nitrogen and oxygen atoms in total. The molecule has 4 rings (SSSR count). The normalized spacial score (nSPS) is 15.3. The monoisotopic (exact) mass is 397 g/mol. The van der Waals surface area contributed by atoms with E-state index >= 15 is 0 Å². The standard InChI is InChI=1S/C22H24ClN3O2/c1-15-13-20-18(14-19(15)23)16(2)21(28-20)22(27)26-11-9-25(10-12-26)8-5-17-3-6-24-7-4-17/h3-4,6-7,13-14H,5,8-12H2,1-2H3. The first-order chi connectivity index (χ1) is 13.5. The molecule has 0 bridgehead atoms. The van der Waals surface area contributed by atoms with Crippen LogP contribution in [0, 0.1) is 13.8 Å². The van der Waals surface area contributed by atoms with Crippen molar-refractivity contribution in [3.8, 4) is 0 Å². The van der Waals surface area contributed by atoms with Crippen LogP contribution in [-0.4, -0.2) is 53.4 Å². The molecule has 0 unspecified atom stereocenters. The van der Waals surface area contributed by atoms with E-state index in [9.17, 15) is 4.79 Å². The molecule has 3 heterocycles. The number of aromatic nitrogens is 1. The number of hydrogen-bond donors (Lipinski definition) is 0. The van der Waals surface area contributed by atoms with E-state index in [0.717, 1.165) is 48.2 Å². The predicted molar refractivity (Wildman–Crippen MR) is 111 cm³/mol. The van der Waals surface area contributed by atoms with Crippen LogP contribution in [0.25, 0.3) is 11.0 Å². The summed E-state index contributed by atoms with van der Waals surface area (Å²) in [5, 5.41) is 1.60. The average Bonchev–Trinajstić information content (AvgIpc) is 3.03. The highest BCUT2D eigenvalue weighted by molar-refractivity contribution is 6.32. The van der Waals surface area contributed by atoms with Crippen LogP contribution in [0.4, 0.5) is 0 Å². The van der Waals surface area contributed by atoms with Gasteiger partial charge in [0.05, 0.1) is 0 Å². The molecule has 0 spiro atoms. The van der Waals surface area contributed by atoms with Crippen molar-refractivity contribution in [1.82, 2.24) is 14.8 Å². The van der Waals surface area contributed by atoms with Crippen LogP contribution >= 0.6 is 11.6 Å². The largest absolute Gasteiger partial charge is 0.451 e. The highest BCUT2D eigenvalue weighted by Gasteiger charge is 2.26. The van der Waals surface area contributed by atoms with Gasteiger partial charge in [-0.05, 0) is 55.7 Å². The summed E-state index contributed by atoms with van der Waals surface area (Å²) < 4.78 is 5.91. The number of nitrogens with zero attached hydrogens (tertiary/aromatic N) is 3. The van der Waals surface area contributed by atoms with Crippen molar-refractivity contribution in [3.63, 3.8) is 0 Å². The number of benzene rings is 1. The van der Waals surface area contributed by atoms with E-state index in [2.05, 4.69) is 22.0 Å². The predicted octanol–water partition coefficient (Wildman–Crippen LogP) is 4.10. The molecule has 146 valence electrons. The lowest BCUT2D eigenvalue weighted by molar-refractivity contribution is 0.0609. The zero-order valence-corrected chi connectivity index (χ0v) is 17.0. The van der Waals surface area contributed by atoms with E-state index in [1.165, 1.54) is 5.56 Å². The van der Waals surface area contributed by atoms with Gasteiger partial charge in [-0.3, -0.25) is 14.7 Å². The van der Waals surface area contributed by atoms with Crippen molar-refractivity contribution in [1.29, 1.82) is 0 Å². The third kappa shape index (κ3) is 3.77. The molecule has 2 aromatic heterocycles. The van der Waals surface area contributed by atoms with E-state index in [1.54, 1.807) is 0 Å². The SMILES string of the molecule is Cc1cc2oc(C(=O)N3CCN(CCc4ccncc4)CC3)c(C)c2cc1Cl. The number of piperazine rings is 1. The van der Waals surface area contributed by atoms with Gasteiger partial charge in [-0.1, -0.05) is 11.6 Å². The van der Waals surface area contributed by atoms with Crippen LogP contribution in [0.15, 0.2) is 41.1 Å². The first kappa shape index (κ1) is 19.0. The highest BCUT2D eigenvalue weighted by atomic mass is 35.5. The molecule has 0 radical (unpaired) electrons. The van der Waals surface area contributed by atoms with Crippen LogP contribution in [-0.2, 0) is 6.42 Å². The Morgan fingerprint density at radius 1 is 1.14 bits per heavy atom. The fraction of sp³-hybridized carbons (Fsp3) is 0.364. The lowest BCUT2D eigenvalue weighted by atomic mass is 10.1. The maximum absolute atomic E-state index is 13.0. The average molecular weight is 398 g/mol. The topological polar surface area (TPSA) is 49.6 Å². The molecule has 1 aromatic carbocycles. The fourth-order valence-electron chi connectivity index (χ4n) is 3.70. The van der Waals surface area contributed by atoms with Gasteiger partial charge in [0.25, 0.3) is 5.91 Å². The van der Waals surface area contributed by atoms with E-state index in [1.807, 2.05) is 43.3 Å². The Labute approximate surface area is 169 Å². The number of carbonyl (C=O) groups is 1. The Morgan fingerprint density at radius 2 is 1.86 bits per heavy atom. The minimum atomic E-state index is -0.0312. The number of hydrogen-bond acceptors (Lipinski definition) is 4. The van der Waals surface area contributed by atoms with Crippen molar-refractivity contribution in [2.24, 2.45) is 0 Å². The second-order valence-corrected chi connectivity index (χ2v) is 7.80. The fourth-order valence-corrected chi connectivity index (χ4v) is 3.86. The van der Waals surface area contributed by atoms with Crippen molar-refractivity contribution >= 4 is 28.5 Å². The van der Waals surface area contributed by atoms with Crippen LogP contribution in [0.1, 0.15) is 27.2 Å². The van der Waals surface area contributed by atoms with Crippen LogP contribution in [0.5, 0.6) is 0 Å². The summed E-state index contributed by atoms with van der Waals surface area (Å²) in [5.74, 6) is 0.401.